The van der Waals surface area contributed by atoms with Crippen LogP contribution in [0.4, 0.5) is 0 Å². The van der Waals surface area contributed by atoms with E-state index in [-0.39, 0.29) is 0 Å². The van der Waals surface area contributed by atoms with Crippen LogP contribution in [0.25, 0.3) is 0 Å². The van der Waals surface area contributed by atoms with Crippen molar-refractivity contribution >= 4 is 17.7 Å². The van der Waals surface area contributed by atoms with Crippen molar-refractivity contribution in [3.05, 3.63) is 30.3 Å². The fraction of sp³-hybridized carbons (Fsp3) is 0.533. The largest absolute Gasteiger partial charge is 0.385 e. The second-order valence-electron chi connectivity index (χ2n) is 4.29. The SMILES string of the molecule is CN=C(NCCCOC)NCCCSc1ccccc1. The van der Waals surface area contributed by atoms with E-state index in [4.69, 9.17) is 4.74 Å². The maximum Gasteiger partial charge on any atom is 0.190 e. The highest BCUT2D eigenvalue weighted by molar-refractivity contribution is 7.99. The summed E-state index contributed by atoms with van der Waals surface area (Å²) in [7, 11) is 3.52. The molecule has 4 nitrogen and oxygen atoms in total. The second-order valence-corrected chi connectivity index (χ2v) is 5.46. The number of benzene rings is 1. The summed E-state index contributed by atoms with van der Waals surface area (Å²) < 4.78 is 5.01. The molecule has 1 aromatic carbocycles. The summed E-state index contributed by atoms with van der Waals surface area (Å²) in [5.41, 5.74) is 0. The molecule has 0 aliphatic rings. The van der Waals surface area contributed by atoms with Crippen LogP contribution >= 0.6 is 11.8 Å². The van der Waals surface area contributed by atoms with Gasteiger partial charge in [-0.25, -0.2) is 0 Å². The maximum absolute atomic E-state index is 5.01. The van der Waals surface area contributed by atoms with Gasteiger partial charge in [0, 0.05) is 38.7 Å². The van der Waals surface area contributed by atoms with Crippen LogP contribution in [0.2, 0.25) is 0 Å². The third-order valence-corrected chi connectivity index (χ3v) is 3.77. The summed E-state index contributed by atoms with van der Waals surface area (Å²) >= 11 is 1.89. The lowest BCUT2D eigenvalue weighted by Gasteiger charge is -2.11. The number of nitrogens with one attached hydrogen (secondary N) is 2. The molecule has 0 fully saturated rings. The van der Waals surface area contributed by atoms with Gasteiger partial charge in [0.25, 0.3) is 0 Å². The molecule has 1 rings (SSSR count). The topological polar surface area (TPSA) is 45.7 Å². The average molecular weight is 295 g/mol. The van der Waals surface area contributed by atoms with E-state index in [1.54, 1.807) is 14.2 Å². The van der Waals surface area contributed by atoms with Crippen LogP contribution in [0.1, 0.15) is 12.8 Å². The Morgan fingerprint density at radius 1 is 1.15 bits per heavy atom. The highest BCUT2D eigenvalue weighted by Crippen LogP contribution is 2.17. The standard InChI is InChI=1S/C15H25N3OS/c1-16-15(17-10-6-12-19-2)18-11-7-13-20-14-8-4-3-5-9-14/h3-5,8-9H,6-7,10-13H2,1-2H3,(H2,16,17,18). The van der Waals surface area contributed by atoms with Crippen LogP contribution in [0.15, 0.2) is 40.2 Å². The van der Waals surface area contributed by atoms with Gasteiger partial charge < -0.3 is 15.4 Å². The van der Waals surface area contributed by atoms with Crippen LogP contribution in [0, 0.1) is 0 Å². The summed E-state index contributed by atoms with van der Waals surface area (Å²) in [6.07, 6.45) is 2.10. The highest BCUT2D eigenvalue weighted by Gasteiger charge is 1.97. The molecular weight excluding hydrogens is 270 g/mol. The third kappa shape index (κ3) is 8.07. The number of aliphatic imine (C=N–C) groups is 1. The second kappa shape index (κ2) is 11.6. The molecule has 0 amide bonds. The fourth-order valence-electron chi connectivity index (χ4n) is 1.63. The summed E-state index contributed by atoms with van der Waals surface area (Å²) in [5.74, 6) is 1.98. The van der Waals surface area contributed by atoms with E-state index in [0.29, 0.717) is 0 Å². The number of ether oxygens (including phenoxy) is 1. The summed E-state index contributed by atoms with van der Waals surface area (Å²) in [5, 5.41) is 6.58. The van der Waals surface area contributed by atoms with Crippen molar-refractivity contribution in [1.29, 1.82) is 0 Å². The molecule has 0 aliphatic heterocycles. The van der Waals surface area contributed by atoms with Gasteiger partial charge in [-0.2, -0.15) is 0 Å². The number of guanidine groups is 1. The van der Waals surface area contributed by atoms with Gasteiger partial charge in [0.15, 0.2) is 5.96 Å². The molecule has 0 saturated heterocycles. The summed E-state index contributed by atoms with van der Waals surface area (Å²) in [6, 6.07) is 10.5. The first-order valence-corrected chi connectivity index (χ1v) is 7.96. The summed E-state index contributed by atoms with van der Waals surface area (Å²) in [6.45, 7) is 2.59. The van der Waals surface area contributed by atoms with Crippen molar-refractivity contribution < 1.29 is 4.74 Å². The normalized spacial score (nSPS) is 11.4. The van der Waals surface area contributed by atoms with Crippen LogP contribution < -0.4 is 10.6 Å². The van der Waals surface area contributed by atoms with Crippen molar-refractivity contribution in [1.82, 2.24) is 10.6 Å². The third-order valence-electron chi connectivity index (χ3n) is 2.67. The Morgan fingerprint density at radius 3 is 2.50 bits per heavy atom. The molecule has 0 atom stereocenters. The lowest BCUT2D eigenvalue weighted by Crippen LogP contribution is -2.38. The van der Waals surface area contributed by atoms with E-state index in [1.807, 2.05) is 17.8 Å². The minimum atomic E-state index is 0.776. The number of hydrogen-bond acceptors (Lipinski definition) is 3. The molecule has 2 N–H and O–H groups in total. The predicted octanol–water partition coefficient (Wildman–Crippen LogP) is 2.37. The van der Waals surface area contributed by atoms with E-state index in [9.17, 15) is 0 Å². The molecule has 0 bridgehead atoms. The zero-order valence-corrected chi connectivity index (χ0v) is 13.2. The molecular formula is C15H25N3OS. The van der Waals surface area contributed by atoms with E-state index in [1.165, 1.54) is 4.90 Å². The minimum absolute atomic E-state index is 0.776. The van der Waals surface area contributed by atoms with Crippen LogP contribution in [0.3, 0.4) is 0 Å². The number of thioether (sulfide) groups is 1. The van der Waals surface area contributed by atoms with Gasteiger partial charge in [-0.3, -0.25) is 4.99 Å². The number of methoxy groups -OCH3 is 1. The van der Waals surface area contributed by atoms with Gasteiger partial charge in [0.2, 0.25) is 0 Å². The molecule has 0 unspecified atom stereocenters. The van der Waals surface area contributed by atoms with Crippen molar-refractivity contribution in [3.63, 3.8) is 0 Å². The van der Waals surface area contributed by atoms with Crippen LogP contribution in [-0.4, -0.2) is 45.6 Å². The Kier molecular flexibility index (Phi) is 9.79. The molecule has 112 valence electrons. The highest BCUT2D eigenvalue weighted by atomic mass is 32.2. The first-order valence-electron chi connectivity index (χ1n) is 6.98. The van der Waals surface area contributed by atoms with Crippen molar-refractivity contribution in [2.45, 2.75) is 17.7 Å². The van der Waals surface area contributed by atoms with Crippen molar-refractivity contribution in [2.24, 2.45) is 4.99 Å². The fourth-order valence-corrected chi connectivity index (χ4v) is 2.50. The van der Waals surface area contributed by atoms with Gasteiger partial charge in [-0.15, -0.1) is 11.8 Å². The van der Waals surface area contributed by atoms with Crippen LogP contribution in [-0.2, 0) is 4.74 Å². The van der Waals surface area contributed by atoms with E-state index in [2.05, 4.69) is 39.9 Å². The molecule has 0 saturated carbocycles. The van der Waals surface area contributed by atoms with E-state index >= 15 is 0 Å². The average Bonchev–Trinajstić information content (AvgIpc) is 2.50. The molecule has 1 aromatic rings. The Bertz CT molecular complexity index is 371. The van der Waals surface area contributed by atoms with E-state index in [0.717, 1.165) is 44.3 Å². The Morgan fingerprint density at radius 2 is 1.85 bits per heavy atom. The Labute approximate surface area is 126 Å². The first kappa shape index (κ1) is 16.9. The zero-order valence-electron chi connectivity index (χ0n) is 12.4. The van der Waals surface area contributed by atoms with Gasteiger partial charge in [0.1, 0.15) is 0 Å². The maximum atomic E-state index is 5.01. The first-order chi connectivity index (χ1) is 9.86. The smallest absolute Gasteiger partial charge is 0.190 e. The van der Waals surface area contributed by atoms with Crippen LogP contribution in [0.5, 0.6) is 0 Å². The van der Waals surface area contributed by atoms with Crippen molar-refractivity contribution in [2.75, 3.05) is 39.6 Å². The molecule has 20 heavy (non-hydrogen) atoms. The van der Waals surface area contributed by atoms with Gasteiger partial charge in [0.05, 0.1) is 0 Å². The van der Waals surface area contributed by atoms with Gasteiger partial charge in [-0.1, -0.05) is 18.2 Å². The number of nitrogens with zero attached hydrogens (tertiary/aromatic N) is 1. The lowest BCUT2D eigenvalue weighted by atomic mass is 10.4. The number of rotatable bonds is 9. The molecule has 0 radical (unpaired) electrons. The Balaban J connectivity index is 2.04. The molecule has 0 aliphatic carbocycles. The monoisotopic (exact) mass is 295 g/mol. The van der Waals surface area contributed by atoms with E-state index < -0.39 is 0 Å². The minimum Gasteiger partial charge on any atom is -0.385 e. The van der Waals surface area contributed by atoms with Gasteiger partial charge in [-0.05, 0) is 30.7 Å². The zero-order chi connectivity index (χ0) is 14.5. The summed E-state index contributed by atoms with van der Waals surface area (Å²) in [4.78, 5) is 5.52. The molecule has 0 spiro atoms. The quantitative estimate of drug-likeness (QED) is 0.318. The predicted molar refractivity (Wildman–Crippen MR) is 87.6 cm³/mol. The lowest BCUT2D eigenvalue weighted by molar-refractivity contribution is 0.195. The van der Waals surface area contributed by atoms with Gasteiger partial charge >= 0.3 is 0 Å². The molecule has 5 heteroatoms. The van der Waals surface area contributed by atoms with Crippen molar-refractivity contribution in [3.8, 4) is 0 Å². The molecule has 0 aromatic heterocycles. The Hall–Kier alpha value is -1.20. The number of hydrogen-bond donors (Lipinski definition) is 2. The molecule has 0 heterocycles.